The van der Waals surface area contributed by atoms with E-state index in [1.54, 1.807) is 37.5 Å². The minimum absolute atomic E-state index is 0.132. The second kappa shape index (κ2) is 6.02. The molecule has 0 bridgehead atoms. The number of imidazole rings is 1. The van der Waals surface area contributed by atoms with Gasteiger partial charge in [0.15, 0.2) is 0 Å². The number of benzene rings is 2. The van der Waals surface area contributed by atoms with E-state index < -0.39 is 0 Å². The number of aryl methyl sites for hydroxylation is 1. The molecule has 4 rings (SSSR count). The molecule has 2 aromatic heterocycles. The summed E-state index contributed by atoms with van der Waals surface area (Å²) in [7, 11) is 1.70. The fourth-order valence-electron chi connectivity index (χ4n) is 3.01. The van der Waals surface area contributed by atoms with Gasteiger partial charge in [0.2, 0.25) is 0 Å². The lowest BCUT2D eigenvalue weighted by molar-refractivity contribution is 0.602. The quantitative estimate of drug-likeness (QED) is 0.575. The number of rotatable bonds is 3. The molecule has 124 valence electrons. The molecular formula is C20H16FN3O. The van der Waals surface area contributed by atoms with Gasteiger partial charge in [-0.3, -0.25) is 4.79 Å². The number of nitrogens with zero attached hydrogens (tertiary/aromatic N) is 3. The zero-order valence-electron chi connectivity index (χ0n) is 13.7. The summed E-state index contributed by atoms with van der Waals surface area (Å²) in [6, 6.07) is 17.9. The fourth-order valence-corrected chi connectivity index (χ4v) is 3.01. The summed E-state index contributed by atoms with van der Waals surface area (Å²) >= 11 is 0. The van der Waals surface area contributed by atoms with Crippen molar-refractivity contribution in [1.82, 2.24) is 14.1 Å². The Morgan fingerprint density at radius 2 is 1.76 bits per heavy atom. The molecular weight excluding hydrogens is 317 g/mol. The van der Waals surface area contributed by atoms with E-state index in [2.05, 4.69) is 4.98 Å². The van der Waals surface area contributed by atoms with Gasteiger partial charge in [0.05, 0.1) is 23.1 Å². The number of fused-ring (bicyclic) bond motifs is 1. The average Bonchev–Trinajstić information content (AvgIpc) is 2.98. The molecule has 0 saturated heterocycles. The fraction of sp³-hybridized carbons (Fsp3) is 0.100. The van der Waals surface area contributed by atoms with Gasteiger partial charge in [0.1, 0.15) is 11.6 Å². The third-order valence-electron chi connectivity index (χ3n) is 4.31. The van der Waals surface area contributed by atoms with Crippen LogP contribution in [0, 0.1) is 5.82 Å². The molecule has 0 unspecified atom stereocenters. The molecule has 0 fully saturated rings. The molecule has 4 nitrogen and oxygen atoms in total. The highest BCUT2D eigenvalue weighted by molar-refractivity contribution is 5.80. The summed E-state index contributed by atoms with van der Waals surface area (Å²) < 4.78 is 17.6. The number of hydrogen-bond donors (Lipinski definition) is 0. The monoisotopic (exact) mass is 333 g/mol. The summed E-state index contributed by atoms with van der Waals surface area (Å²) in [6.45, 7) is 0.306. The SMILES string of the molecule is Cn1cccc(-c2nc3ccccc3n2Cc2ccccc2F)c1=O. The number of hydrogen-bond acceptors (Lipinski definition) is 2. The van der Waals surface area contributed by atoms with E-state index >= 15 is 0 Å². The average molecular weight is 333 g/mol. The van der Waals surface area contributed by atoms with Crippen molar-refractivity contribution in [1.29, 1.82) is 0 Å². The molecule has 2 heterocycles. The van der Waals surface area contributed by atoms with Gasteiger partial charge in [-0.15, -0.1) is 0 Å². The number of pyridine rings is 1. The summed E-state index contributed by atoms with van der Waals surface area (Å²) in [5, 5.41) is 0. The van der Waals surface area contributed by atoms with Crippen LogP contribution < -0.4 is 5.56 Å². The van der Waals surface area contributed by atoms with E-state index in [1.807, 2.05) is 34.9 Å². The minimum atomic E-state index is -0.271. The van der Waals surface area contributed by atoms with Crippen molar-refractivity contribution in [2.75, 3.05) is 0 Å². The number of para-hydroxylation sites is 2. The Bertz CT molecular complexity index is 1130. The van der Waals surface area contributed by atoms with E-state index in [0.29, 0.717) is 23.5 Å². The van der Waals surface area contributed by atoms with Crippen molar-refractivity contribution in [3.05, 3.63) is 88.6 Å². The molecule has 4 aromatic rings. The second-order valence-corrected chi connectivity index (χ2v) is 5.94. The Balaban J connectivity index is 1.97. The van der Waals surface area contributed by atoms with E-state index in [1.165, 1.54) is 10.6 Å². The van der Waals surface area contributed by atoms with Gasteiger partial charge in [-0.1, -0.05) is 30.3 Å². The maximum absolute atomic E-state index is 14.2. The Kier molecular flexibility index (Phi) is 3.69. The van der Waals surface area contributed by atoms with E-state index in [-0.39, 0.29) is 11.4 Å². The summed E-state index contributed by atoms with van der Waals surface area (Å²) in [6.07, 6.45) is 1.70. The van der Waals surface area contributed by atoms with Crippen LogP contribution in [-0.4, -0.2) is 14.1 Å². The van der Waals surface area contributed by atoms with Crippen molar-refractivity contribution >= 4 is 11.0 Å². The van der Waals surface area contributed by atoms with Gasteiger partial charge in [0.25, 0.3) is 5.56 Å². The third kappa shape index (κ3) is 2.63. The molecule has 25 heavy (non-hydrogen) atoms. The molecule has 0 radical (unpaired) electrons. The lowest BCUT2D eigenvalue weighted by Crippen LogP contribution is -2.19. The van der Waals surface area contributed by atoms with E-state index in [9.17, 15) is 9.18 Å². The van der Waals surface area contributed by atoms with Crippen LogP contribution in [0.3, 0.4) is 0 Å². The predicted molar refractivity (Wildman–Crippen MR) is 95.9 cm³/mol. The Labute approximate surface area is 143 Å². The summed E-state index contributed by atoms with van der Waals surface area (Å²) in [5.74, 6) is 0.276. The first-order chi connectivity index (χ1) is 12.1. The zero-order chi connectivity index (χ0) is 17.4. The predicted octanol–water partition coefficient (Wildman–Crippen LogP) is 3.59. The van der Waals surface area contributed by atoms with Gasteiger partial charge >= 0.3 is 0 Å². The molecule has 0 aliphatic carbocycles. The van der Waals surface area contributed by atoms with Gasteiger partial charge < -0.3 is 9.13 Å². The maximum atomic E-state index is 14.2. The lowest BCUT2D eigenvalue weighted by Gasteiger charge is -2.10. The first-order valence-electron chi connectivity index (χ1n) is 8.00. The molecule has 0 atom stereocenters. The van der Waals surface area contributed by atoms with E-state index in [4.69, 9.17) is 0 Å². The van der Waals surface area contributed by atoms with Gasteiger partial charge in [-0.2, -0.15) is 0 Å². The zero-order valence-corrected chi connectivity index (χ0v) is 13.7. The largest absolute Gasteiger partial charge is 0.319 e. The highest BCUT2D eigenvalue weighted by Gasteiger charge is 2.16. The van der Waals surface area contributed by atoms with Crippen LogP contribution in [0.4, 0.5) is 4.39 Å². The molecule has 0 amide bonds. The summed E-state index contributed by atoms with van der Waals surface area (Å²) in [4.78, 5) is 17.2. The Morgan fingerprint density at radius 1 is 1.00 bits per heavy atom. The molecule has 0 aliphatic rings. The van der Waals surface area contributed by atoms with Crippen LogP contribution in [-0.2, 0) is 13.6 Å². The molecule has 0 N–H and O–H groups in total. The van der Waals surface area contributed by atoms with Crippen molar-refractivity contribution in [2.24, 2.45) is 7.05 Å². The maximum Gasteiger partial charge on any atom is 0.261 e. The Hall–Kier alpha value is -3.21. The van der Waals surface area contributed by atoms with Crippen LogP contribution in [0.15, 0.2) is 71.7 Å². The Morgan fingerprint density at radius 3 is 2.60 bits per heavy atom. The van der Waals surface area contributed by atoms with Gasteiger partial charge in [-0.05, 0) is 30.3 Å². The van der Waals surface area contributed by atoms with Crippen LogP contribution in [0.5, 0.6) is 0 Å². The highest BCUT2D eigenvalue weighted by Crippen LogP contribution is 2.24. The van der Waals surface area contributed by atoms with Crippen molar-refractivity contribution < 1.29 is 4.39 Å². The topological polar surface area (TPSA) is 39.8 Å². The lowest BCUT2D eigenvalue weighted by atomic mass is 10.2. The highest BCUT2D eigenvalue weighted by atomic mass is 19.1. The van der Waals surface area contributed by atoms with E-state index in [0.717, 1.165) is 11.0 Å². The first kappa shape index (κ1) is 15.3. The normalized spacial score (nSPS) is 11.1. The minimum Gasteiger partial charge on any atom is -0.319 e. The molecule has 0 saturated carbocycles. The molecule has 2 aromatic carbocycles. The molecule has 0 spiro atoms. The first-order valence-corrected chi connectivity index (χ1v) is 8.00. The third-order valence-corrected chi connectivity index (χ3v) is 4.31. The van der Waals surface area contributed by atoms with Crippen molar-refractivity contribution in [3.8, 4) is 11.4 Å². The van der Waals surface area contributed by atoms with Crippen LogP contribution in [0.25, 0.3) is 22.4 Å². The number of halogens is 1. The standard InChI is InChI=1S/C20H16FN3O/c1-23-12-6-8-15(20(23)25)19-22-17-10-4-5-11-18(17)24(19)13-14-7-2-3-9-16(14)21/h2-12H,13H2,1H3. The smallest absolute Gasteiger partial charge is 0.261 e. The summed E-state index contributed by atoms with van der Waals surface area (Å²) in [5.41, 5.74) is 2.57. The molecule has 5 heteroatoms. The van der Waals surface area contributed by atoms with Crippen LogP contribution in [0.1, 0.15) is 5.56 Å². The number of aromatic nitrogens is 3. The van der Waals surface area contributed by atoms with Crippen LogP contribution >= 0.6 is 0 Å². The van der Waals surface area contributed by atoms with Gasteiger partial charge in [0, 0.05) is 18.8 Å². The van der Waals surface area contributed by atoms with Gasteiger partial charge in [-0.25, -0.2) is 9.37 Å². The van der Waals surface area contributed by atoms with Crippen molar-refractivity contribution in [3.63, 3.8) is 0 Å². The van der Waals surface area contributed by atoms with Crippen LogP contribution in [0.2, 0.25) is 0 Å². The van der Waals surface area contributed by atoms with Crippen molar-refractivity contribution in [2.45, 2.75) is 6.54 Å². The molecule has 0 aliphatic heterocycles. The second-order valence-electron chi connectivity index (χ2n) is 5.94.